The summed E-state index contributed by atoms with van der Waals surface area (Å²) in [6, 6.07) is 10.6. The molecular formula is C26H28N4. The van der Waals surface area contributed by atoms with Crippen molar-refractivity contribution in [3.63, 3.8) is 0 Å². The Hall–Kier alpha value is -3.27. The number of hydrogen-bond donors (Lipinski definition) is 0. The summed E-state index contributed by atoms with van der Waals surface area (Å²) < 4.78 is 1.99. The second kappa shape index (κ2) is 8.62. The molecule has 152 valence electrons. The predicted octanol–water partition coefficient (Wildman–Crippen LogP) is 6.50. The second-order valence-corrected chi connectivity index (χ2v) is 7.94. The van der Waals surface area contributed by atoms with Crippen molar-refractivity contribution < 1.29 is 0 Å². The molecule has 4 heteroatoms. The molecule has 0 spiro atoms. The van der Waals surface area contributed by atoms with Crippen LogP contribution in [0, 0.1) is 13.8 Å². The van der Waals surface area contributed by atoms with Gasteiger partial charge in [-0.25, -0.2) is 14.7 Å². The zero-order chi connectivity index (χ0) is 21.1. The molecule has 2 aromatic heterocycles. The van der Waals surface area contributed by atoms with E-state index in [1.54, 1.807) is 0 Å². The summed E-state index contributed by atoms with van der Waals surface area (Å²) in [5.41, 5.74) is 7.72. The van der Waals surface area contributed by atoms with Crippen molar-refractivity contribution in [2.75, 3.05) is 0 Å². The van der Waals surface area contributed by atoms with Crippen LogP contribution in [0.1, 0.15) is 48.6 Å². The van der Waals surface area contributed by atoms with Crippen LogP contribution in [0.4, 0.5) is 5.82 Å². The van der Waals surface area contributed by atoms with Crippen LogP contribution in [0.3, 0.4) is 0 Å². The smallest absolute Gasteiger partial charge is 0.161 e. The molecule has 1 aromatic carbocycles. The highest BCUT2D eigenvalue weighted by molar-refractivity contribution is 5.93. The van der Waals surface area contributed by atoms with Gasteiger partial charge >= 0.3 is 0 Å². The molecule has 3 aromatic rings. The average molecular weight is 397 g/mol. The molecule has 1 aliphatic carbocycles. The number of rotatable bonds is 7. The molecule has 0 unspecified atom stereocenters. The van der Waals surface area contributed by atoms with Crippen molar-refractivity contribution in [2.24, 2.45) is 4.99 Å². The van der Waals surface area contributed by atoms with Gasteiger partial charge in [0.05, 0.1) is 12.2 Å². The average Bonchev–Trinajstić information content (AvgIpc) is 3.36. The number of allylic oxidation sites excluding steroid dienone is 5. The van der Waals surface area contributed by atoms with Crippen LogP contribution >= 0.6 is 0 Å². The van der Waals surface area contributed by atoms with Crippen molar-refractivity contribution in [3.8, 4) is 0 Å². The first-order chi connectivity index (χ1) is 14.5. The van der Waals surface area contributed by atoms with Crippen molar-refractivity contribution in [1.82, 2.24) is 14.8 Å². The van der Waals surface area contributed by atoms with E-state index in [0.29, 0.717) is 12.4 Å². The maximum absolute atomic E-state index is 4.89. The molecule has 4 nitrogen and oxygen atoms in total. The summed E-state index contributed by atoms with van der Waals surface area (Å²) in [5.74, 6) is 0.701. The summed E-state index contributed by atoms with van der Waals surface area (Å²) in [6.07, 6.45) is 11.1. The van der Waals surface area contributed by atoms with E-state index < -0.39 is 0 Å². The van der Waals surface area contributed by atoms with E-state index in [9.17, 15) is 0 Å². The first-order valence-electron chi connectivity index (χ1n) is 10.6. The van der Waals surface area contributed by atoms with Gasteiger partial charge in [-0.15, -0.1) is 0 Å². The number of aryl methyl sites for hydroxylation is 2. The molecule has 1 aliphatic rings. The number of nitrogens with zero attached hydrogens (tertiary/aromatic N) is 4. The maximum atomic E-state index is 4.89. The van der Waals surface area contributed by atoms with Gasteiger partial charge in [0.2, 0.25) is 0 Å². The molecular weight excluding hydrogens is 368 g/mol. The minimum absolute atomic E-state index is 0.680. The summed E-state index contributed by atoms with van der Waals surface area (Å²) in [6.45, 7) is 11.4. The van der Waals surface area contributed by atoms with Crippen LogP contribution in [0.15, 0.2) is 65.7 Å². The fraction of sp³-hybridized carbons (Fsp3) is 0.269. The highest BCUT2D eigenvalue weighted by Gasteiger charge is 2.17. The quantitative estimate of drug-likeness (QED) is 0.428. The van der Waals surface area contributed by atoms with Crippen LogP contribution in [0.5, 0.6) is 0 Å². The van der Waals surface area contributed by atoms with Gasteiger partial charge < -0.3 is 0 Å². The SMILES string of the molecule is C=C(CCC)c1cc(N=CC2=CC=CC2)nc2c1c(C)nn2Cc1ccc(C)cc1. The van der Waals surface area contributed by atoms with Crippen molar-refractivity contribution in [2.45, 2.75) is 46.6 Å². The predicted molar refractivity (Wildman–Crippen MR) is 126 cm³/mol. The number of pyridine rings is 1. The lowest BCUT2D eigenvalue weighted by Crippen LogP contribution is -2.03. The molecule has 0 saturated carbocycles. The van der Waals surface area contributed by atoms with Gasteiger partial charge in [0.25, 0.3) is 0 Å². The standard InChI is InChI=1S/C26H28N4/c1-5-8-19(3)23-15-24(27-16-21-9-6-7-10-21)28-26-25(23)20(4)29-30(26)17-22-13-11-18(2)12-14-22/h6-7,9,11-16H,3,5,8,10,17H2,1-2,4H3. The van der Waals surface area contributed by atoms with Gasteiger partial charge in [0.15, 0.2) is 11.5 Å². The molecule has 0 bridgehead atoms. The summed E-state index contributed by atoms with van der Waals surface area (Å²) in [7, 11) is 0. The van der Waals surface area contributed by atoms with Crippen LogP contribution in [-0.4, -0.2) is 21.0 Å². The monoisotopic (exact) mass is 396 g/mol. The number of aliphatic imine (C=N–C) groups is 1. The Balaban J connectivity index is 1.80. The Morgan fingerprint density at radius 3 is 2.73 bits per heavy atom. The lowest BCUT2D eigenvalue weighted by molar-refractivity contribution is 0.696. The van der Waals surface area contributed by atoms with Gasteiger partial charge in [-0.05, 0) is 55.0 Å². The third-order valence-electron chi connectivity index (χ3n) is 5.41. The normalized spacial score (nSPS) is 13.5. The number of fused-ring (bicyclic) bond motifs is 1. The van der Waals surface area contributed by atoms with Gasteiger partial charge in [0, 0.05) is 11.6 Å². The molecule has 0 fully saturated rings. The van der Waals surface area contributed by atoms with Gasteiger partial charge in [-0.1, -0.05) is 68.0 Å². The van der Waals surface area contributed by atoms with E-state index in [4.69, 9.17) is 10.1 Å². The van der Waals surface area contributed by atoms with Crippen LogP contribution in [0.2, 0.25) is 0 Å². The molecule has 0 atom stereocenters. The zero-order valence-corrected chi connectivity index (χ0v) is 18.0. The van der Waals surface area contributed by atoms with Crippen molar-refractivity contribution >= 4 is 28.6 Å². The van der Waals surface area contributed by atoms with E-state index in [1.165, 1.54) is 16.7 Å². The topological polar surface area (TPSA) is 43.1 Å². The number of hydrogen-bond acceptors (Lipinski definition) is 3. The highest BCUT2D eigenvalue weighted by atomic mass is 15.3. The van der Waals surface area contributed by atoms with Crippen molar-refractivity contribution in [1.29, 1.82) is 0 Å². The van der Waals surface area contributed by atoms with E-state index in [2.05, 4.69) is 80.9 Å². The van der Waals surface area contributed by atoms with E-state index in [1.807, 2.05) is 10.9 Å². The van der Waals surface area contributed by atoms with Crippen LogP contribution in [-0.2, 0) is 6.54 Å². The third-order valence-corrected chi connectivity index (χ3v) is 5.41. The molecule has 0 N–H and O–H groups in total. The number of benzene rings is 1. The van der Waals surface area contributed by atoms with E-state index >= 15 is 0 Å². The Kier molecular flexibility index (Phi) is 5.75. The van der Waals surface area contributed by atoms with E-state index in [-0.39, 0.29) is 0 Å². The van der Waals surface area contributed by atoms with Crippen LogP contribution < -0.4 is 0 Å². The Morgan fingerprint density at radius 1 is 1.23 bits per heavy atom. The molecule has 30 heavy (non-hydrogen) atoms. The lowest BCUT2D eigenvalue weighted by Gasteiger charge is -2.09. The van der Waals surface area contributed by atoms with Crippen molar-refractivity contribution in [3.05, 3.63) is 83.1 Å². The summed E-state index contributed by atoms with van der Waals surface area (Å²) in [4.78, 5) is 9.57. The minimum atomic E-state index is 0.680. The summed E-state index contributed by atoms with van der Waals surface area (Å²) >= 11 is 0. The summed E-state index contributed by atoms with van der Waals surface area (Å²) in [5, 5.41) is 5.91. The van der Waals surface area contributed by atoms with Gasteiger partial charge in [-0.3, -0.25) is 0 Å². The zero-order valence-electron chi connectivity index (χ0n) is 18.0. The molecule has 2 heterocycles. The lowest BCUT2D eigenvalue weighted by atomic mass is 10.00. The third kappa shape index (κ3) is 4.18. The highest BCUT2D eigenvalue weighted by Crippen LogP contribution is 2.32. The van der Waals surface area contributed by atoms with E-state index in [0.717, 1.165) is 47.1 Å². The first-order valence-corrected chi connectivity index (χ1v) is 10.6. The largest absolute Gasteiger partial charge is 0.242 e. The molecule has 0 radical (unpaired) electrons. The Bertz CT molecular complexity index is 1170. The first kappa shape index (κ1) is 20.0. The molecule has 0 aliphatic heterocycles. The fourth-order valence-corrected chi connectivity index (χ4v) is 3.81. The Labute approximate surface area is 178 Å². The maximum Gasteiger partial charge on any atom is 0.161 e. The fourth-order valence-electron chi connectivity index (χ4n) is 3.81. The Morgan fingerprint density at radius 2 is 2.03 bits per heavy atom. The van der Waals surface area contributed by atoms with Gasteiger partial charge in [0.1, 0.15) is 0 Å². The number of aromatic nitrogens is 3. The minimum Gasteiger partial charge on any atom is -0.242 e. The second-order valence-electron chi connectivity index (χ2n) is 7.94. The molecule has 0 amide bonds. The molecule has 0 saturated heterocycles. The van der Waals surface area contributed by atoms with Gasteiger partial charge in [-0.2, -0.15) is 5.10 Å². The molecule has 4 rings (SSSR count). The van der Waals surface area contributed by atoms with Crippen LogP contribution in [0.25, 0.3) is 16.6 Å².